The maximum absolute atomic E-state index is 13.2. The number of anilines is 2. The van der Waals surface area contributed by atoms with Gasteiger partial charge in [-0.15, -0.1) is 0 Å². The molecule has 1 unspecified atom stereocenters. The van der Waals surface area contributed by atoms with Gasteiger partial charge < -0.3 is 10.6 Å². The molecule has 2 aromatic rings. The number of nitrogens with zero attached hydrogens (tertiary/aromatic N) is 3. The van der Waals surface area contributed by atoms with Crippen molar-refractivity contribution in [2.75, 3.05) is 23.7 Å². The van der Waals surface area contributed by atoms with E-state index < -0.39 is 0 Å². The lowest BCUT2D eigenvalue weighted by atomic mass is 9.89. The molecule has 0 radical (unpaired) electrons. The lowest BCUT2D eigenvalue weighted by Gasteiger charge is -2.19. The number of nitrogens with two attached hydrogens (primary N) is 1. The van der Waals surface area contributed by atoms with Crippen LogP contribution in [-0.2, 0) is 7.05 Å². The fraction of sp³-hybridized carbons (Fsp3) is 0.450. The van der Waals surface area contributed by atoms with Crippen molar-refractivity contribution >= 4 is 17.1 Å². The Balaban J connectivity index is 1.61. The summed E-state index contributed by atoms with van der Waals surface area (Å²) in [5.41, 5.74) is 11.1. The smallest absolute Gasteiger partial charge is 0.129 e. The molecule has 0 spiro atoms. The summed E-state index contributed by atoms with van der Waals surface area (Å²) in [6, 6.07) is 6.77. The normalized spacial score (nSPS) is 20.8. The van der Waals surface area contributed by atoms with Crippen LogP contribution in [0.4, 0.5) is 15.9 Å². The van der Waals surface area contributed by atoms with Crippen LogP contribution in [0.25, 0.3) is 5.57 Å². The van der Waals surface area contributed by atoms with Crippen LogP contribution in [-0.4, -0.2) is 22.9 Å². The average Bonchev–Trinajstić information content (AvgIpc) is 3.22. The number of nitrogen functional groups attached to an aromatic ring is 1. The third kappa shape index (κ3) is 3.03. The highest BCUT2D eigenvalue weighted by Gasteiger charge is 2.31. The summed E-state index contributed by atoms with van der Waals surface area (Å²) in [5.74, 6) is 0.957. The number of benzene rings is 1. The van der Waals surface area contributed by atoms with Gasteiger partial charge in [0.05, 0.1) is 5.69 Å². The summed E-state index contributed by atoms with van der Waals surface area (Å²) in [4.78, 5) is 2.31. The summed E-state index contributed by atoms with van der Waals surface area (Å²) in [7, 11) is 1.93. The van der Waals surface area contributed by atoms with Crippen LogP contribution < -0.4 is 10.6 Å². The third-order valence-electron chi connectivity index (χ3n) is 5.50. The highest BCUT2D eigenvalue weighted by atomic mass is 19.1. The molecule has 0 bridgehead atoms. The molecular formula is C20H25FN4. The third-order valence-corrected chi connectivity index (χ3v) is 5.50. The van der Waals surface area contributed by atoms with Crippen molar-refractivity contribution in [3.8, 4) is 0 Å². The molecule has 5 heteroatoms. The van der Waals surface area contributed by atoms with Crippen molar-refractivity contribution in [2.24, 2.45) is 7.05 Å². The van der Waals surface area contributed by atoms with Gasteiger partial charge in [-0.3, -0.25) is 4.68 Å². The van der Waals surface area contributed by atoms with E-state index in [1.807, 2.05) is 23.9 Å². The Morgan fingerprint density at radius 2 is 2.00 bits per heavy atom. The molecule has 1 aliphatic heterocycles. The van der Waals surface area contributed by atoms with E-state index in [1.54, 1.807) is 0 Å². The molecule has 0 saturated carbocycles. The van der Waals surface area contributed by atoms with Gasteiger partial charge in [0.2, 0.25) is 0 Å². The van der Waals surface area contributed by atoms with E-state index in [9.17, 15) is 4.39 Å². The molecule has 132 valence electrons. The predicted molar refractivity (Wildman–Crippen MR) is 100 cm³/mol. The quantitative estimate of drug-likeness (QED) is 0.915. The van der Waals surface area contributed by atoms with Crippen molar-refractivity contribution < 1.29 is 4.39 Å². The lowest BCUT2D eigenvalue weighted by Crippen LogP contribution is -2.19. The highest BCUT2D eigenvalue weighted by Crippen LogP contribution is 2.39. The van der Waals surface area contributed by atoms with Crippen molar-refractivity contribution in [2.45, 2.75) is 38.0 Å². The maximum atomic E-state index is 13.2. The minimum absolute atomic E-state index is 0.191. The number of aryl methyl sites for hydroxylation is 1. The van der Waals surface area contributed by atoms with Crippen LogP contribution in [0.2, 0.25) is 0 Å². The van der Waals surface area contributed by atoms with E-state index in [2.05, 4.69) is 11.0 Å². The van der Waals surface area contributed by atoms with Gasteiger partial charge in [-0.2, -0.15) is 5.10 Å². The molecule has 1 saturated heterocycles. The largest absolute Gasteiger partial charge is 0.383 e. The SMILES string of the molecule is Cn1nc(C2CCN(c3ccc(F)cc3)C2)c(C2=CCCCC2)c1N. The Bertz CT molecular complexity index is 791. The first kappa shape index (κ1) is 16.2. The fourth-order valence-corrected chi connectivity index (χ4v) is 4.11. The Kier molecular flexibility index (Phi) is 4.24. The van der Waals surface area contributed by atoms with Gasteiger partial charge in [0.25, 0.3) is 0 Å². The van der Waals surface area contributed by atoms with Crippen LogP contribution in [0.15, 0.2) is 30.3 Å². The van der Waals surface area contributed by atoms with E-state index in [4.69, 9.17) is 10.8 Å². The molecule has 1 fully saturated rings. The van der Waals surface area contributed by atoms with Gasteiger partial charge in [-0.25, -0.2) is 4.39 Å². The second-order valence-corrected chi connectivity index (χ2v) is 7.15. The van der Waals surface area contributed by atoms with Gasteiger partial charge in [0, 0.05) is 37.3 Å². The Hall–Kier alpha value is -2.30. The van der Waals surface area contributed by atoms with Crippen molar-refractivity contribution in [3.05, 3.63) is 47.4 Å². The molecule has 2 heterocycles. The number of hydrogen-bond donors (Lipinski definition) is 1. The summed E-state index contributed by atoms with van der Waals surface area (Å²) < 4.78 is 15.0. The highest BCUT2D eigenvalue weighted by molar-refractivity contribution is 5.76. The number of aromatic nitrogens is 2. The number of rotatable bonds is 3. The molecule has 4 rings (SSSR count). The molecule has 1 atom stereocenters. The van der Waals surface area contributed by atoms with Gasteiger partial charge in [-0.1, -0.05) is 6.08 Å². The van der Waals surface area contributed by atoms with E-state index in [0.717, 1.165) is 49.6 Å². The first-order valence-corrected chi connectivity index (χ1v) is 9.16. The van der Waals surface area contributed by atoms with Crippen LogP contribution in [0.3, 0.4) is 0 Å². The monoisotopic (exact) mass is 340 g/mol. The molecule has 0 amide bonds. The topological polar surface area (TPSA) is 47.1 Å². The van der Waals surface area contributed by atoms with Gasteiger partial charge in [0.1, 0.15) is 11.6 Å². The maximum Gasteiger partial charge on any atom is 0.129 e. The van der Waals surface area contributed by atoms with E-state index >= 15 is 0 Å². The lowest BCUT2D eigenvalue weighted by molar-refractivity contribution is 0.627. The predicted octanol–water partition coefficient (Wildman–Crippen LogP) is 4.09. The number of hydrogen-bond acceptors (Lipinski definition) is 3. The minimum Gasteiger partial charge on any atom is -0.383 e. The van der Waals surface area contributed by atoms with Crippen LogP contribution >= 0.6 is 0 Å². The summed E-state index contributed by atoms with van der Waals surface area (Å²) >= 11 is 0. The second kappa shape index (κ2) is 6.54. The van der Waals surface area contributed by atoms with E-state index in [0.29, 0.717) is 5.92 Å². The average molecular weight is 340 g/mol. The first-order chi connectivity index (χ1) is 12.1. The van der Waals surface area contributed by atoms with Crippen molar-refractivity contribution in [1.29, 1.82) is 0 Å². The standard InChI is InChI=1S/C20H25FN4/c1-24-20(22)18(14-5-3-2-4-6-14)19(23-24)15-11-12-25(13-15)17-9-7-16(21)8-10-17/h5,7-10,15H,2-4,6,11-13,22H2,1H3. The van der Waals surface area contributed by atoms with Crippen LogP contribution in [0.5, 0.6) is 0 Å². The van der Waals surface area contributed by atoms with Gasteiger partial charge >= 0.3 is 0 Å². The number of halogens is 1. The van der Waals surface area contributed by atoms with E-state index in [-0.39, 0.29) is 5.82 Å². The molecule has 2 aliphatic rings. The van der Waals surface area contributed by atoms with Gasteiger partial charge in [-0.05, 0) is 61.9 Å². The summed E-state index contributed by atoms with van der Waals surface area (Å²) in [6.07, 6.45) is 8.11. The van der Waals surface area contributed by atoms with Crippen LogP contribution in [0, 0.1) is 5.82 Å². The number of allylic oxidation sites excluding steroid dienone is 2. The van der Waals surface area contributed by atoms with Gasteiger partial charge in [0.15, 0.2) is 0 Å². The summed E-state index contributed by atoms with van der Waals surface area (Å²) in [6.45, 7) is 1.87. The molecular weight excluding hydrogens is 315 g/mol. The fourth-order valence-electron chi connectivity index (χ4n) is 4.11. The zero-order valence-corrected chi connectivity index (χ0v) is 14.7. The molecule has 1 aliphatic carbocycles. The van der Waals surface area contributed by atoms with Crippen molar-refractivity contribution in [3.63, 3.8) is 0 Å². The van der Waals surface area contributed by atoms with E-state index in [1.165, 1.54) is 36.1 Å². The minimum atomic E-state index is -0.191. The Morgan fingerprint density at radius 1 is 1.20 bits per heavy atom. The summed E-state index contributed by atoms with van der Waals surface area (Å²) in [5, 5.41) is 4.77. The Labute approximate surface area is 148 Å². The zero-order valence-electron chi connectivity index (χ0n) is 14.7. The first-order valence-electron chi connectivity index (χ1n) is 9.16. The van der Waals surface area contributed by atoms with Crippen LogP contribution in [0.1, 0.15) is 49.3 Å². The Morgan fingerprint density at radius 3 is 2.72 bits per heavy atom. The second-order valence-electron chi connectivity index (χ2n) is 7.15. The molecule has 25 heavy (non-hydrogen) atoms. The zero-order chi connectivity index (χ0) is 17.4. The molecule has 1 aromatic carbocycles. The van der Waals surface area contributed by atoms with Crippen molar-refractivity contribution in [1.82, 2.24) is 9.78 Å². The molecule has 4 nitrogen and oxygen atoms in total. The molecule has 2 N–H and O–H groups in total. The molecule has 1 aromatic heterocycles.